The fourth-order valence-corrected chi connectivity index (χ4v) is 3.36. The van der Waals surface area contributed by atoms with Crippen LogP contribution in [0.15, 0.2) is 39.8 Å². The molecule has 0 aromatic carbocycles. The third kappa shape index (κ3) is 3.38. The highest BCUT2D eigenvalue weighted by molar-refractivity contribution is 5.37. The maximum absolute atomic E-state index is 12.2. The van der Waals surface area contributed by atoms with Crippen LogP contribution in [0.2, 0.25) is 0 Å². The van der Waals surface area contributed by atoms with Gasteiger partial charge in [-0.1, -0.05) is 11.2 Å². The summed E-state index contributed by atoms with van der Waals surface area (Å²) in [6.07, 6.45) is 1.74. The molecule has 1 aliphatic rings. The van der Waals surface area contributed by atoms with Crippen molar-refractivity contribution in [2.75, 3.05) is 26.2 Å². The molecule has 8 heteroatoms. The van der Waals surface area contributed by atoms with Crippen LogP contribution in [-0.4, -0.2) is 55.5 Å². The van der Waals surface area contributed by atoms with Crippen LogP contribution in [0.3, 0.4) is 0 Å². The van der Waals surface area contributed by atoms with E-state index in [1.54, 1.807) is 16.7 Å². The smallest absolute Gasteiger partial charge is 0.258 e. The van der Waals surface area contributed by atoms with Gasteiger partial charge in [-0.05, 0) is 26.0 Å². The number of fused-ring (bicyclic) bond motifs is 1. The average molecular weight is 354 g/mol. The lowest BCUT2D eigenvalue weighted by Gasteiger charge is -2.36. The van der Waals surface area contributed by atoms with Crippen LogP contribution >= 0.6 is 0 Å². The highest BCUT2D eigenvalue weighted by Gasteiger charge is 2.25. The van der Waals surface area contributed by atoms with E-state index < -0.39 is 0 Å². The van der Waals surface area contributed by atoms with Gasteiger partial charge in [-0.2, -0.15) is 4.98 Å². The molecule has 1 fully saturated rings. The number of aryl methyl sites for hydroxylation is 1. The Morgan fingerprint density at radius 3 is 2.73 bits per heavy atom. The molecule has 3 aromatic rings. The largest absolute Gasteiger partial charge is 0.338 e. The van der Waals surface area contributed by atoms with Gasteiger partial charge in [0, 0.05) is 45.0 Å². The van der Waals surface area contributed by atoms with E-state index in [9.17, 15) is 4.79 Å². The summed E-state index contributed by atoms with van der Waals surface area (Å²) in [5.74, 6) is 1.33. The highest BCUT2D eigenvalue weighted by Crippen LogP contribution is 2.20. The Labute approximate surface area is 151 Å². The van der Waals surface area contributed by atoms with Crippen molar-refractivity contribution in [1.82, 2.24) is 29.3 Å². The fraction of sp³-hybridized carbons (Fsp3) is 0.444. The first-order valence-corrected chi connectivity index (χ1v) is 8.84. The minimum absolute atomic E-state index is 0.0374. The van der Waals surface area contributed by atoms with E-state index in [-0.39, 0.29) is 11.6 Å². The summed E-state index contributed by atoms with van der Waals surface area (Å²) < 4.78 is 6.86. The topological polar surface area (TPSA) is 79.8 Å². The Bertz CT molecular complexity index is 957. The molecule has 4 rings (SSSR count). The van der Waals surface area contributed by atoms with Gasteiger partial charge in [-0.15, -0.1) is 0 Å². The van der Waals surface area contributed by atoms with Crippen molar-refractivity contribution < 1.29 is 4.52 Å². The monoisotopic (exact) mass is 354 g/mol. The van der Waals surface area contributed by atoms with Gasteiger partial charge in [0.15, 0.2) is 5.82 Å². The molecule has 4 heterocycles. The van der Waals surface area contributed by atoms with Crippen molar-refractivity contribution >= 4 is 5.65 Å². The minimum Gasteiger partial charge on any atom is -0.338 e. The van der Waals surface area contributed by atoms with E-state index in [0.717, 1.165) is 31.9 Å². The second-order valence-corrected chi connectivity index (χ2v) is 6.68. The van der Waals surface area contributed by atoms with Crippen LogP contribution < -0.4 is 5.56 Å². The third-order valence-corrected chi connectivity index (χ3v) is 4.86. The fourth-order valence-electron chi connectivity index (χ4n) is 3.36. The first kappa shape index (κ1) is 16.9. The van der Waals surface area contributed by atoms with Crippen LogP contribution in [0.5, 0.6) is 0 Å². The zero-order valence-electron chi connectivity index (χ0n) is 15.0. The number of piperazine rings is 1. The van der Waals surface area contributed by atoms with Crippen molar-refractivity contribution in [2.45, 2.75) is 26.4 Å². The van der Waals surface area contributed by atoms with Gasteiger partial charge in [-0.25, -0.2) is 4.98 Å². The summed E-state index contributed by atoms with van der Waals surface area (Å²) >= 11 is 0. The van der Waals surface area contributed by atoms with Crippen molar-refractivity contribution in [3.8, 4) is 0 Å². The molecule has 0 bridgehead atoms. The first-order chi connectivity index (χ1) is 12.6. The maximum Gasteiger partial charge on any atom is 0.258 e. The second kappa shape index (κ2) is 6.97. The van der Waals surface area contributed by atoms with Gasteiger partial charge in [0.2, 0.25) is 5.89 Å². The van der Waals surface area contributed by atoms with Crippen LogP contribution in [-0.2, 0) is 6.54 Å². The molecule has 1 aliphatic heterocycles. The number of hydrogen-bond donors (Lipinski definition) is 0. The van der Waals surface area contributed by atoms with Crippen LogP contribution in [0.25, 0.3) is 5.65 Å². The Morgan fingerprint density at radius 1 is 1.19 bits per heavy atom. The van der Waals surface area contributed by atoms with Gasteiger partial charge in [0.05, 0.1) is 11.7 Å². The highest BCUT2D eigenvalue weighted by atomic mass is 16.5. The molecule has 26 heavy (non-hydrogen) atoms. The molecule has 0 unspecified atom stereocenters. The van der Waals surface area contributed by atoms with Crippen molar-refractivity contribution in [1.29, 1.82) is 0 Å². The Kier molecular flexibility index (Phi) is 4.52. The van der Waals surface area contributed by atoms with E-state index in [4.69, 9.17) is 4.52 Å². The number of hydrogen-bond acceptors (Lipinski definition) is 7. The third-order valence-electron chi connectivity index (χ3n) is 4.86. The summed E-state index contributed by atoms with van der Waals surface area (Å²) in [5.41, 5.74) is 1.47. The number of pyridine rings is 1. The molecule has 0 amide bonds. The van der Waals surface area contributed by atoms with Gasteiger partial charge >= 0.3 is 0 Å². The summed E-state index contributed by atoms with van der Waals surface area (Å²) in [6, 6.07) is 7.33. The lowest BCUT2D eigenvalue weighted by molar-refractivity contribution is 0.0839. The standard InChI is InChI=1S/C18H22N6O2/c1-13(18-19-14(2)21-26-18)23-9-7-22(8-10-23)12-15-11-17(25)24-6-4-3-5-16(24)20-15/h3-6,11,13H,7-10,12H2,1-2H3/t13-/m1/s1. The van der Waals surface area contributed by atoms with E-state index in [1.807, 2.05) is 25.1 Å². The van der Waals surface area contributed by atoms with E-state index in [0.29, 0.717) is 23.9 Å². The van der Waals surface area contributed by atoms with E-state index >= 15 is 0 Å². The van der Waals surface area contributed by atoms with Gasteiger partial charge in [-0.3, -0.25) is 19.0 Å². The predicted octanol–water partition coefficient (Wildman–Crippen LogP) is 1.26. The number of aromatic nitrogens is 4. The molecule has 0 spiro atoms. The summed E-state index contributed by atoms with van der Waals surface area (Å²) in [4.78, 5) is 25.8. The van der Waals surface area contributed by atoms with Gasteiger partial charge in [0.25, 0.3) is 5.56 Å². The summed E-state index contributed by atoms with van der Waals surface area (Å²) in [5, 5.41) is 3.87. The molecule has 0 radical (unpaired) electrons. The second-order valence-electron chi connectivity index (χ2n) is 6.68. The normalized spacial score (nSPS) is 17.6. The summed E-state index contributed by atoms with van der Waals surface area (Å²) in [7, 11) is 0. The molecule has 0 aliphatic carbocycles. The lowest BCUT2D eigenvalue weighted by atomic mass is 10.2. The van der Waals surface area contributed by atoms with E-state index in [2.05, 4.69) is 31.8 Å². The molecule has 1 atom stereocenters. The molecule has 0 N–H and O–H groups in total. The Morgan fingerprint density at radius 2 is 2.00 bits per heavy atom. The molecule has 0 saturated carbocycles. The number of nitrogens with zero attached hydrogens (tertiary/aromatic N) is 6. The Hall–Kier alpha value is -2.58. The molecule has 8 nitrogen and oxygen atoms in total. The minimum atomic E-state index is -0.0374. The molecule has 1 saturated heterocycles. The van der Waals surface area contributed by atoms with Crippen molar-refractivity contribution in [3.63, 3.8) is 0 Å². The van der Waals surface area contributed by atoms with Crippen molar-refractivity contribution in [3.05, 3.63) is 58.2 Å². The SMILES string of the molecule is Cc1noc([C@@H](C)N2CCN(Cc3cc(=O)n4ccccc4n3)CC2)n1. The van der Waals surface area contributed by atoms with Crippen LogP contribution in [0.4, 0.5) is 0 Å². The quantitative estimate of drug-likeness (QED) is 0.698. The number of rotatable bonds is 4. The first-order valence-electron chi connectivity index (χ1n) is 8.84. The maximum atomic E-state index is 12.2. The summed E-state index contributed by atoms with van der Waals surface area (Å²) in [6.45, 7) is 8.25. The zero-order valence-corrected chi connectivity index (χ0v) is 15.0. The van der Waals surface area contributed by atoms with Gasteiger partial charge < -0.3 is 4.52 Å². The Balaban J connectivity index is 1.40. The average Bonchev–Trinajstić information content (AvgIpc) is 3.08. The molecular formula is C18H22N6O2. The van der Waals surface area contributed by atoms with Gasteiger partial charge in [0.1, 0.15) is 5.65 Å². The van der Waals surface area contributed by atoms with Crippen molar-refractivity contribution in [2.24, 2.45) is 0 Å². The zero-order chi connectivity index (χ0) is 18.1. The van der Waals surface area contributed by atoms with Crippen LogP contribution in [0, 0.1) is 6.92 Å². The van der Waals surface area contributed by atoms with Crippen LogP contribution in [0.1, 0.15) is 30.4 Å². The predicted molar refractivity (Wildman–Crippen MR) is 95.8 cm³/mol. The lowest BCUT2D eigenvalue weighted by Crippen LogP contribution is -2.46. The molecule has 136 valence electrons. The molecular weight excluding hydrogens is 332 g/mol. The van der Waals surface area contributed by atoms with E-state index in [1.165, 1.54) is 0 Å². The molecule has 3 aromatic heterocycles.